The lowest BCUT2D eigenvalue weighted by molar-refractivity contribution is 0.0606. The van der Waals surface area contributed by atoms with Gasteiger partial charge in [-0.2, -0.15) is 5.10 Å². The number of aryl methyl sites for hydroxylation is 1. The number of nitrogens with zero attached hydrogens (tertiary/aromatic N) is 3. The lowest BCUT2D eigenvalue weighted by atomic mass is 10.5. The van der Waals surface area contributed by atoms with E-state index < -0.39 is 5.97 Å². The Bertz CT molecular complexity index is 559. The van der Waals surface area contributed by atoms with Crippen molar-refractivity contribution in [1.29, 1.82) is 0 Å². The smallest absolute Gasteiger partial charge is 0.351 e. The summed E-state index contributed by atoms with van der Waals surface area (Å²) < 4.78 is 6.06. The van der Waals surface area contributed by atoms with Crippen molar-refractivity contribution in [3.63, 3.8) is 0 Å². The van der Waals surface area contributed by atoms with Crippen molar-refractivity contribution in [3.8, 4) is 5.13 Å². The molecule has 0 aliphatic carbocycles. The zero-order chi connectivity index (χ0) is 12.6. The molecular weight excluding hydrogens is 285 g/mol. The van der Waals surface area contributed by atoms with Crippen molar-refractivity contribution in [3.05, 3.63) is 26.9 Å². The second-order valence-electron chi connectivity index (χ2n) is 3.11. The average molecular weight is 292 g/mol. The first-order valence-corrected chi connectivity index (χ1v) is 6.07. The first-order chi connectivity index (χ1) is 8.02. The molecule has 2 rings (SSSR count). The summed E-state index contributed by atoms with van der Waals surface area (Å²) in [5.41, 5.74) is 0.678. The van der Waals surface area contributed by atoms with Gasteiger partial charge in [0.1, 0.15) is 0 Å². The Balaban J connectivity index is 2.44. The van der Waals surface area contributed by atoms with Crippen molar-refractivity contribution in [2.45, 2.75) is 6.92 Å². The van der Waals surface area contributed by atoms with Crippen LogP contribution < -0.4 is 0 Å². The van der Waals surface area contributed by atoms with E-state index >= 15 is 0 Å². The van der Waals surface area contributed by atoms with Gasteiger partial charge < -0.3 is 4.74 Å². The second-order valence-corrected chi connectivity index (χ2v) is 4.86. The minimum atomic E-state index is -0.520. The van der Waals surface area contributed by atoms with Gasteiger partial charge in [0, 0.05) is 0 Å². The second kappa shape index (κ2) is 4.64. The zero-order valence-corrected chi connectivity index (χ0v) is 11.2. The lowest BCUT2D eigenvalue weighted by Gasteiger charge is -1.93. The van der Waals surface area contributed by atoms with Crippen molar-refractivity contribution >= 4 is 40.5 Å². The van der Waals surface area contributed by atoms with Crippen LogP contribution in [0.3, 0.4) is 0 Å². The van der Waals surface area contributed by atoms with Crippen molar-refractivity contribution in [2.24, 2.45) is 0 Å². The molecular formula is C9H7Cl2N3O2S. The number of methoxy groups -OCH3 is 1. The molecule has 0 aromatic carbocycles. The summed E-state index contributed by atoms with van der Waals surface area (Å²) in [5.74, 6) is -0.520. The Hall–Kier alpha value is -1.11. The largest absolute Gasteiger partial charge is 0.465 e. The minimum Gasteiger partial charge on any atom is -0.465 e. The van der Waals surface area contributed by atoms with Gasteiger partial charge >= 0.3 is 5.97 Å². The number of thiazole rings is 1. The number of esters is 1. The van der Waals surface area contributed by atoms with Crippen LogP contribution >= 0.6 is 34.5 Å². The molecule has 0 N–H and O–H groups in total. The first kappa shape index (κ1) is 12.3. The predicted molar refractivity (Wildman–Crippen MR) is 65.3 cm³/mol. The van der Waals surface area contributed by atoms with Gasteiger partial charge in [-0.3, -0.25) is 0 Å². The van der Waals surface area contributed by atoms with Crippen LogP contribution in [0, 0.1) is 6.92 Å². The van der Waals surface area contributed by atoms with Gasteiger partial charge in [0.25, 0.3) is 0 Å². The number of carbonyl (C=O) groups is 1. The molecule has 0 unspecified atom stereocenters. The number of aromatic nitrogens is 3. The maximum atomic E-state index is 11.4. The third-order valence-corrected chi connectivity index (χ3v) is 3.76. The molecule has 0 atom stereocenters. The molecule has 8 heteroatoms. The molecule has 0 spiro atoms. The van der Waals surface area contributed by atoms with Crippen LogP contribution in [0.4, 0.5) is 0 Å². The fraction of sp³-hybridized carbons (Fsp3) is 0.222. The summed E-state index contributed by atoms with van der Waals surface area (Å²) >= 11 is 12.8. The van der Waals surface area contributed by atoms with E-state index in [1.165, 1.54) is 11.8 Å². The summed E-state index contributed by atoms with van der Waals surface area (Å²) in [5, 5.41) is 5.23. The van der Waals surface area contributed by atoms with E-state index in [4.69, 9.17) is 23.2 Å². The molecule has 0 aliphatic heterocycles. The fourth-order valence-corrected chi connectivity index (χ4v) is 2.40. The van der Waals surface area contributed by atoms with Gasteiger partial charge in [0.15, 0.2) is 10.0 Å². The van der Waals surface area contributed by atoms with Gasteiger partial charge in [0.05, 0.1) is 24.0 Å². The average Bonchev–Trinajstić information content (AvgIpc) is 2.82. The molecule has 90 valence electrons. The quantitative estimate of drug-likeness (QED) is 0.799. The highest BCUT2D eigenvalue weighted by atomic mass is 35.5. The Morgan fingerprint density at radius 1 is 1.53 bits per heavy atom. The number of rotatable bonds is 2. The van der Waals surface area contributed by atoms with Gasteiger partial charge in [-0.25, -0.2) is 14.5 Å². The summed E-state index contributed by atoms with van der Waals surface area (Å²) in [6.07, 6.45) is 1.60. The van der Waals surface area contributed by atoms with E-state index in [2.05, 4.69) is 14.8 Å². The molecule has 0 amide bonds. The van der Waals surface area contributed by atoms with Crippen LogP contribution in [0.15, 0.2) is 6.20 Å². The molecule has 2 aromatic heterocycles. The Kier molecular flexibility index (Phi) is 3.37. The van der Waals surface area contributed by atoms with E-state index in [-0.39, 0.29) is 10.0 Å². The highest BCUT2D eigenvalue weighted by molar-refractivity contribution is 7.16. The number of hydrogen-bond acceptors (Lipinski definition) is 5. The maximum Gasteiger partial charge on any atom is 0.351 e. The number of carbonyl (C=O) groups excluding carboxylic acids is 1. The summed E-state index contributed by atoms with van der Waals surface area (Å²) in [6.45, 7) is 1.77. The Morgan fingerprint density at radius 2 is 2.24 bits per heavy atom. The van der Waals surface area contributed by atoms with Gasteiger partial charge in [-0.1, -0.05) is 34.5 Å². The van der Waals surface area contributed by atoms with E-state index in [0.29, 0.717) is 15.8 Å². The fourth-order valence-electron chi connectivity index (χ4n) is 1.14. The van der Waals surface area contributed by atoms with E-state index in [0.717, 1.165) is 11.3 Å². The molecule has 2 aromatic rings. The molecule has 0 radical (unpaired) electrons. The van der Waals surface area contributed by atoms with Gasteiger partial charge in [-0.05, 0) is 6.92 Å². The molecule has 0 saturated carbocycles. The Morgan fingerprint density at radius 3 is 2.76 bits per heavy atom. The number of ether oxygens (including phenoxy) is 1. The Labute approximate surface area is 111 Å². The van der Waals surface area contributed by atoms with Crippen LogP contribution in [0.1, 0.15) is 15.4 Å². The van der Waals surface area contributed by atoms with Crippen LogP contribution in [0.2, 0.25) is 10.2 Å². The summed E-state index contributed by atoms with van der Waals surface area (Å²) in [6, 6.07) is 0. The van der Waals surface area contributed by atoms with Crippen molar-refractivity contribution < 1.29 is 9.53 Å². The molecule has 0 aliphatic rings. The SMILES string of the molecule is COC(=O)c1sc(-n2cc(Cl)c(C)n2)nc1Cl. The number of halogens is 2. The van der Waals surface area contributed by atoms with E-state index in [1.54, 1.807) is 13.1 Å². The third-order valence-electron chi connectivity index (χ3n) is 1.98. The lowest BCUT2D eigenvalue weighted by Crippen LogP contribution is -1.98. The third kappa shape index (κ3) is 2.29. The van der Waals surface area contributed by atoms with Crippen LogP contribution in [-0.2, 0) is 4.74 Å². The summed E-state index contributed by atoms with van der Waals surface area (Å²) in [4.78, 5) is 15.6. The standard InChI is InChI=1S/C9H7Cl2N3O2S/c1-4-5(10)3-14(13-4)9-12-7(11)6(17-9)8(15)16-2/h3H,1-2H3. The first-order valence-electron chi connectivity index (χ1n) is 4.49. The van der Waals surface area contributed by atoms with Gasteiger partial charge in [-0.15, -0.1) is 0 Å². The molecule has 2 heterocycles. The maximum absolute atomic E-state index is 11.4. The van der Waals surface area contributed by atoms with E-state index in [9.17, 15) is 4.79 Å². The highest BCUT2D eigenvalue weighted by Crippen LogP contribution is 2.27. The minimum absolute atomic E-state index is 0.0983. The van der Waals surface area contributed by atoms with Gasteiger partial charge in [0.2, 0.25) is 5.13 Å². The monoisotopic (exact) mass is 291 g/mol. The zero-order valence-electron chi connectivity index (χ0n) is 8.90. The highest BCUT2D eigenvalue weighted by Gasteiger charge is 2.19. The molecule has 5 nitrogen and oxygen atoms in total. The molecule has 0 fully saturated rings. The normalized spacial score (nSPS) is 10.6. The molecule has 17 heavy (non-hydrogen) atoms. The van der Waals surface area contributed by atoms with Crippen LogP contribution in [-0.4, -0.2) is 27.8 Å². The molecule has 0 bridgehead atoms. The van der Waals surface area contributed by atoms with Crippen LogP contribution in [0.25, 0.3) is 5.13 Å². The van der Waals surface area contributed by atoms with Crippen molar-refractivity contribution in [2.75, 3.05) is 7.11 Å². The topological polar surface area (TPSA) is 57.0 Å². The predicted octanol–water partition coefficient (Wildman–Crippen LogP) is 2.73. The summed E-state index contributed by atoms with van der Waals surface area (Å²) in [7, 11) is 1.28. The molecule has 0 saturated heterocycles. The number of hydrogen-bond donors (Lipinski definition) is 0. The van der Waals surface area contributed by atoms with Crippen LogP contribution in [0.5, 0.6) is 0 Å². The van der Waals surface area contributed by atoms with E-state index in [1.807, 2.05) is 0 Å². The van der Waals surface area contributed by atoms with Crippen molar-refractivity contribution in [1.82, 2.24) is 14.8 Å².